The summed E-state index contributed by atoms with van der Waals surface area (Å²) in [5.41, 5.74) is 0.620. The Morgan fingerprint density at radius 3 is 2.12 bits per heavy atom. The third-order valence-electron chi connectivity index (χ3n) is 3.89. The van der Waals surface area contributed by atoms with Crippen LogP contribution in [-0.4, -0.2) is 65.4 Å². The minimum atomic E-state index is -3.81. The zero-order chi connectivity index (χ0) is 18.8. The molecule has 2 rings (SSSR count). The van der Waals surface area contributed by atoms with Crippen LogP contribution in [0.1, 0.15) is 41.0 Å². The van der Waals surface area contributed by atoms with Crippen LogP contribution in [-0.2, 0) is 14.8 Å². The number of carbonyl (C=O) groups excluding carboxylic acids is 2. The molecular formula is C16H20N2O6S. The second kappa shape index (κ2) is 7.32. The van der Waals surface area contributed by atoms with Gasteiger partial charge in [-0.15, -0.1) is 0 Å². The molecule has 1 aliphatic heterocycles. The number of imide groups is 1. The van der Waals surface area contributed by atoms with Gasteiger partial charge in [-0.05, 0) is 32.4 Å². The summed E-state index contributed by atoms with van der Waals surface area (Å²) in [6, 6.07) is 5.93. The molecule has 0 unspecified atom stereocenters. The number of amides is 2. The number of sulfonamides is 1. The van der Waals surface area contributed by atoms with Crippen molar-refractivity contribution in [2.24, 2.45) is 0 Å². The van der Waals surface area contributed by atoms with Crippen molar-refractivity contribution < 1.29 is 27.9 Å². The zero-order valence-corrected chi connectivity index (χ0v) is 14.8. The monoisotopic (exact) mass is 368 g/mol. The fourth-order valence-corrected chi connectivity index (χ4v) is 4.38. The number of rotatable bonds is 8. The summed E-state index contributed by atoms with van der Waals surface area (Å²) in [4.78, 5) is 36.3. The number of carboxylic acid groups (broad SMARTS) is 1. The van der Waals surface area contributed by atoms with Crippen LogP contribution in [0.3, 0.4) is 0 Å². The lowest BCUT2D eigenvalue weighted by molar-refractivity contribution is -0.137. The molecule has 1 N–H and O–H groups in total. The molecule has 0 bridgehead atoms. The minimum Gasteiger partial charge on any atom is -0.480 e. The summed E-state index contributed by atoms with van der Waals surface area (Å²) in [5.74, 6) is -2.46. The van der Waals surface area contributed by atoms with E-state index in [0.29, 0.717) is 11.1 Å². The van der Waals surface area contributed by atoms with E-state index in [1.54, 1.807) is 38.1 Å². The van der Waals surface area contributed by atoms with E-state index in [0.717, 1.165) is 9.21 Å². The number of benzene rings is 1. The first kappa shape index (κ1) is 19.1. The molecule has 1 aromatic carbocycles. The molecule has 9 heteroatoms. The van der Waals surface area contributed by atoms with Gasteiger partial charge in [-0.3, -0.25) is 19.3 Å². The second-order valence-electron chi connectivity index (χ2n) is 6.01. The van der Waals surface area contributed by atoms with Gasteiger partial charge in [-0.25, -0.2) is 8.42 Å². The van der Waals surface area contributed by atoms with Gasteiger partial charge in [0.1, 0.15) is 6.54 Å². The van der Waals surface area contributed by atoms with Crippen molar-refractivity contribution in [3.8, 4) is 0 Å². The smallest absolute Gasteiger partial charge is 0.318 e. The molecule has 0 aliphatic carbocycles. The molecule has 0 saturated carbocycles. The minimum absolute atomic E-state index is 0.0371. The summed E-state index contributed by atoms with van der Waals surface area (Å²) in [7, 11) is -3.81. The van der Waals surface area contributed by atoms with Crippen LogP contribution in [0.25, 0.3) is 0 Å². The highest BCUT2D eigenvalue weighted by molar-refractivity contribution is 7.89. The fraction of sp³-hybridized carbons (Fsp3) is 0.438. The van der Waals surface area contributed by atoms with Crippen molar-refractivity contribution in [1.29, 1.82) is 0 Å². The first-order valence-corrected chi connectivity index (χ1v) is 9.42. The van der Waals surface area contributed by atoms with E-state index in [1.165, 1.54) is 0 Å². The number of nitrogens with zero attached hydrogens (tertiary/aromatic N) is 2. The van der Waals surface area contributed by atoms with Gasteiger partial charge in [-0.1, -0.05) is 12.1 Å². The van der Waals surface area contributed by atoms with Crippen molar-refractivity contribution in [2.75, 3.05) is 18.8 Å². The molecule has 8 nitrogen and oxygen atoms in total. The molecule has 0 atom stereocenters. The molecule has 2 amide bonds. The summed E-state index contributed by atoms with van der Waals surface area (Å²) in [6.07, 6.45) is 0.0383. The number of fused-ring (bicyclic) bond motifs is 1. The largest absolute Gasteiger partial charge is 0.480 e. The molecule has 25 heavy (non-hydrogen) atoms. The summed E-state index contributed by atoms with van der Waals surface area (Å²) in [5, 5.41) is 8.86. The van der Waals surface area contributed by atoms with E-state index in [2.05, 4.69) is 0 Å². The molecule has 1 aliphatic rings. The van der Waals surface area contributed by atoms with Crippen LogP contribution in [0.4, 0.5) is 0 Å². The topological polar surface area (TPSA) is 112 Å². The number of hydrogen-bond donors (Lipinski definition) is 1. The first-order chi connectivity index (χ1) is 11.6. The third-order valence-corrected chi connectivity index (χ3v) is 5.96. The van der Waals surface area contributed by atoms with Gasteiger partial charge >= 0.3 is 5.97 Å². The number of carboxylic acids is 1. The van der Waals surface area contributed by atoms with Gasteiger partial charge in [0.15, 0.2) is 0 Å². The van der Waals surface area contributed by atoms with Crippen LogP contribution in [0.15, 0.2) is 24.3 Å². The highest BCUT2D eigenvalue weighted by Crippen LogP contribution is 2.22. The Hall–Kier alpha value is -2.26. The molecule has 1 aromatic rings. The van der Waals surface area contributed by atoms with Crippen LogP contribution < -0.4 is 0 Å². The molecular weight excluding hydrogens is 348 g/mol. The maximum Gasteiger partial charge on any atom is 0.318 e. The molecule has 0 radical (unpaired) electrons. The normalized spacial score (nSPS) is 14.5. The summed E-state index contributed by atoms with van der Waals surface area (Å²) >= 11 is 0. The average Bonchev–Trinajstić information content (AvgIpc) is 2.77. The van der Waals surface area contributed by atoms with E-state index in [1.807, 2.05) is 0 Å². The summed E-state index contributed by atoms with van der Waals surface area (Å²) < 4.78 is 25.6. The Balaban J connectivity index is 2.02. The maximum atomic E-state index is 12.3. The van der Waals surface area contributed by atoms with E-state index >= 15 is 0 Å². The van der Waals surface area contributed by atoms with Gasteiger partial charge in [0.25, 0.3) is 11.8 Å². The highest BCUT2D eigenvalue weighted by Gasteiger charge is 2.35. The Bertz CT molecular complexity index is 768. The Morgan fingerprint density at radius 1 is 1.16 bits per heavy atom. The van der Waals surface area contributed by atoms with Gasteiger partial charge in [0, 0.05) is 12.6 Å². The van der Waals surface area contributed by atoms with Crippen LogP contribution in [0.2, 0.25) is 0 Å². The summed E-state index contributed by atoms with van der Waals surface area (Å²) in [6.45, 7) is 2.52. The van der Waals surface area contributed by atoms with Gasteiger partial charge < -0.3 is 5.11 Å². The van der Waals surface area contributed by atoms with E-state index in [-0.39, 0.29) is 18.7 Å². The van der Waals surface area contributed by atoms with Gasteiger partial charge in [0.05, 0.1) is 16.9 Å². The van der Waals surface area contributed by atoms with Crippen molar-refractivity contribution in [3.63, 3.8) is 0 Å². The van der Waals surface area contributed by atoms with Gasteiger partial charge in [0.2, 0.25) is 10.0 Å². The number of carbonyl (C=O) groups is 3. The predicted octanol–water partition coefficient (Wildman–Crippen LogP) is 0.798. The predicted molar refractivity (Wildman–Crippen MR) is 89.7 cm³/mol. The number of hydrogen-bond acceptors (Lipinski definition) is 5. The molecule has 0 saturated heterocycles. The zero-order valence-electron chi connectivity index (χ0n) is 14.0. The van der Waals surface area contributed by atoms with E-state index in [4.69, 9.17) is 5.11 Å². The SMILES string of the molecule is CC(C)N(CC(=O)O)S(=O)(=O)CCCN1C(=O)c2ccccc2C1=O. The first-order valence-electron chi connectivity index (χ1n) is 7.81. The molecule has 0 fully saturated rings. The van der Waals surface area contributed by atoms with Crippen molar-refractivity contribution in [3.05, 3.63) is 35.4 Å². The standard InChI is InChI=1S/C16H20N2O6S/c1-11(2)18(10-14(19)20)25(23,24)9-5-8-17-15(21)12-6-3-4-7-13(12)16(17)22/h3-4,6-7,11H,5,8-10H2,1-2H3,(H,19,20). The van der Waals surface area contributed by atoms with Crippen LogP contribution in [0, 0.1) is 0 Å². The average molecular weight is 368 g/mol. The quantitative estimate of drug-likeness (QED) is 0.679. The molecule has 136 valence electrons. The Labute approximate surface area is 146 Å². The fourth-order valence-electron chi connectivity index (χ4n) is 2.70. The lowest BCUT2D eigenvalue weighted by atomic mass is 10.1. The molecule has 0 aromatic heterocycles. The Morgan fingerprint density at radius 2 is 1.68 bits per heavy atom. The third kappa shape index (κ3) is 4.05. The Kier molecular flexibility index (Phi) is 5.58. The van der Waals surface area contributed by atoms with Crippen LogP contribution in [0.5, 0.6) is 0 Å². The molecule has 0 spiro atoms. The lowest BCUT2D eigenvalue weighted by Crippen LogP contribution is -2.42. The van der Waals surface area contributed by atoms with E-state index < -0.39 is 40.4 Å². The lowest BCUT2D eigenvalue weighted by Gasteiger charge is -2.24. The maximum absolute atomic E-state index is 12.3. The second-order valence-corrected chi connectivity index (χ2v) is 8.05. The number of aliphatic carboxylic acids is 1. The van der Waals surface area contributed by atoms with Crippen molar-refractivity contribution in [2.45, 2.75) is 26.3 Å². The van der Waals surface area contributed by atoms with Gasteiger partial charge in [-0.2, -0.15) is 4.31 Å². The highest BCUT2D eigenvalue weighted by atomic mass is 32.2. The van der Waals surface area contributed by atoms with Crippen molar-refractivity contribution in [1.82, 2.24) is 9.21 Å². The van der Waals surface area contributed by atoms with Crippen LogP contribution >= 0.6 is 0 Å². The van der Waals surface area contributed by atoms with Crippen molar-refractivity contribution >= 4 is 27.8 Å². The van der Waals surface area contributed by atoms with E-state index in [9.17, 15) is 22.8 Å². The molecule has 1 heterocycles.